The van der Waals surface area contributed by atoms with Gasteiger partial charge in [0, 0.05) is 12.1 Å². The van der Waals surface area contributed by atoms with Gasteiger partial charge in [0.1, 0.15) is 0 Å². The lowest BCUT2D eigenvalue weighted by molar-refractivity contribution is 0.0301. The molecule has 3 nitrogen and oxygen atoms in total. The van der Waals surface area contributed by atoms with Crippen molar-refractivity contribution < 1.29 is 4.79 Å². The zero-order chi connectivity index (χ0) is 16.1. The summed E-state index contributed by atoms with van der Waals surface area (Å²) in [5.41, 5.74) is 8.15. The van der Waals surface area contributed by atoms with E-state index in [0.717, 1.165) is 44.2 Å². The summed E-state index contributed by atoms with van der Waals surface area (Å²) in [5, 5.41) is 0. The summed E-state index contributed by atoms with van der Waals surface area (Å²) in [5.74, 6) is 0.0564. The highest BCUT2D eigenvalue weighted by atomic mass is 16.2. The highest BCUT2D eigenvalue weighted by Crippen LogP contribution is 2.29. The molecule has 0 aliphatic carbocycles. The lowest BCUT2D eigenvalue weighted by Crippen LogP contribution is -2.60. The highest BCUT2D eigenvalue weighted by molar-refractivity contribution is 5.94. The Bertz CT molecular complexity index is 641. The first kappa shape index (κ1) is 15.8. The van der Waals surface area contributed by atoms with E-state index < -0.39 is 5.66 Å². The van der Waals surface area contributed by atoms with E-state index in [0.29, 0.717) is 0 Å². The SMILES string of the molecule is NC1(CCc2ccccc2)CCCCN1C(=O)c1ccccc1. The second-order valence-electron chi connectivity index (χ2n) is 6.37. The summed E-state index contributed by atoms with van der Waals surface area (Å²) in [6.07, 6.45) is 4.69. The van der Waals surface area contributed by atoms with Gasteiger partial charge in [-0.25, -0.2) is 0 Å². The predicted molar refractivity (Wildman–Crippen MR) is 93.0 cm³/mol. The molecular formula is C20H24N2O. The van der Waals surface area contributed by atoms with Crippen molar-refractivity contribution in [2.45, 2.75) is 37.8 Å². The lowest BCUT2D eigenvalue weighted by atomic mass is 9.89. The molecule has 1 fully saturated rings. The molecule has 3 rings (SSSR count). The molecule has 1 atom stereocenters. The number of piperidine rings is 1. The summed E-state index contributed by atoms with van der Waals surface area (Å²) in [6, 6.07) is 19.8. The summed E-state index contributed by atoms with van der Waals surface area (Å²) < 4.78 is 0. The van der Waals surface area contributed by atoms with Crippen LogP contribution in [0, 0.1) is 0 Å². The van der Waals surface area contributed by atoms with Gasteiger partial charge < -0.3 is 10.6 Å². The van der Waals surface area contributed by atoms with Crippen LogP contribution in [0.3, 0.4) is 0 Å². The van der Waals surface area contributed by atoms with Crippen molar-refractivity contribution in [3.8, 4) is 0 Å². The first-order chi connectivity index (χ1) is 11.2. The van der Waals surface area contributed by atoms with Crippen molar-refractivity contribution in [1.82, 2.24) is 4.90 Å². The zero-order valence-corrected chi connectivity index (χ0v) is 13.4. The van der Waals surface area contributed by atoms with Gasteiger partial charge in [0.2, 0.25) is 0 Å². The van der Waals surface area contributed by atoms with Gasteiger partial charge in [0.15, 0.2) is 0 Å². The zero-order valence-electron chi connectivity index (χ0n) is 13.4. The molecule has 2 aromatic rings. The molecule has 23 heavy (non-hydrogen) atoms. The van der Waals surface area contributed by atoms with Crippen LogP contribution in [0.1, 0.15) is 41.6 Å². The quantitative estimate of drug-likeness (QED) is 0.938. The van der Waals surface area contributed by atoms with E-state index in [4.69, 9.17) is 5.73 Å². The minimum atomic E-state index is -0.541. The van der Waals surface area contributed by atoms with Gasteiger partial charge in [0.05, 0.1) is 5.66 Å². The second-order valence-corrected chi connectivity index (χ2v) is 6.37. The molecule has 0 aromatic heterocycles. The molecule has 0 bridgehead atoms. The van der Waals surface area contributed by atoms with Crippen LogP contribution < -0.4 is 5.73 Å². The van der Waals surface area contributed by atoms with Gasteiger partial charge >= 0.3 is 0 Å². The fourth-order valence-corrected chi connectivity index (χ4v) is 3.36. The molecule has 120 valence electrons. The Morgan fingerprint density at radius 2 is 1.65 bits per heavy atom. The number of nitrogens with two attached hydrogens (primary N) is 1. The third kappa shape index (κ3) is 3.62. The van der Waals surface area contributed by atoms with E-state index in [-0.39, 0.29) is 5.91 Å². The molecule has 1 heterocycles. The molecule has 1 aliphatic heterocycles. The monoisotopic (exact) mass is 308 g/mol. The molecule has 2 aromatic carbocycles. The van der Waals surface area contributed by atoms with Crippen LogP contribution in [0.15, 0.2) is 60.7 Å². The van der Waals surface area contributed by atoms with Crippen LogP contribution in [0.5, 0.6) is 0 Å². The summed E-state index contributed by atoms with van der Waals surface area (Å²) in [6.45, 7) is 0.749. The maximum atomic E-state index is 12.9. The minimum absolute atomic E-state index is 0.0564. The summed E-state index contributed by atoms with van der Waals surface area (Å²) >= 11 is 0. The predicted octanol–water partition coefficient (Wildman–Crippen LogP) is 3.60. The van der Waals surface area contributed by atoms with Gasteiger partial charge in [-0.15, -0.1) is 0 Å². The Balaban J connectivity index is 1.76. The minimum Gasteiger partial charge on any atom is -0.321 e. The number of aryl methyl sites for hydroxylation is 1. The second kappa shape index (κ2) is 6.97. The van der Waals surface area contributed by atoms with Crippen molar-refractivity contribution >= 4 is 5.91 Å². The van der Waals surface area contributed by atoms with Crippen molar-refractivity contribution in [1.29, 1.82) is 0 Å². The third-order valence-electron chi connectivity index (χ3n) is 4.73. The Morgan fingerprint density at radius 1 is 1.00 bits per heavy atom. The summed E-state index contributed by atoms with van der Waals surface area (Å²) in [7, 11) is 0. The number of carbonyl (C=O) groups is 1. The van der Waals surface area contributed by atoms with E-state index >= 15 is 0 Å². The Labute approximate surface area is 138 Å². The molecule has 1 amide bonds. The summed E-state index contributed by atoms with van der Waals surface area (Å²) in [4.78, 5) is 14.8. The highest BCUT2D eigenvalue weighted by Gasteiger charge is 2.38. The fourth-order valence-electron chi connectivity index (χ4n) is 3.36. The van der Waals surface area contributed by atoms with Crippen LogP contribution in [0.25, 0.3) is 0 Å². The van der Waals surface area contributed by atoms with Gasteiger partial charge in [-0.1, -0.05) is 48.5 Å². The number of benzene rings is 2. The molecule has 1 saturated heterocycles. The fraction of sp³-hybridized carbons (Fsp3) is 0.350. The molecule has 0 saturated carbocycles. The van der Waals surface area contributed by atoms with E-state index in [1.54, 1.807) is 0 Å². The van der Waals surface area contributed by atoms with E-state index in [1.165, 1.54) is 5.56 Å². The number of nitrogens with zero attached hydrogens (tertiary/aromatic N) is 1. The smallest absolute Gasteiger partial charge is 0.255 e. The number of hydrogen-bond donors (Lipinski definition) is 1. The largest absolute Gasteiger partial charge is 0.321 e. The number of carbonyl (C=O) groups excluding carboxylic acids is 1. The van der Waals surface area contributed by atoms with Crippen molar-refractivity contribution in [2.75, 3.05) is 6.54 Å². The first-order valence-electron chi connectivity index (χ1n) is 8.39. The van der Waals surface area contributed by atoms with Crippen LogP contribution >= 0.6 is 0 Å². The van der Waals surface area contributed by atoms with Crippen LogP contribution in [0.4, 0.5) is 0 Å². The first-order valence-corrected chi connectivity index (χ1v) is 8.39. The lowest BCUT2D eigenvalue weighted by Gasteiger charge is -2.45. The molecule has 0 radical (unpaired) electrons. The number of rotatable bonds is 4. The van der Waals surface area contributed by atoms with Gasteiger partial charge in [-0.05, 0) is 49.8 Å². The van der Waals surface area contributed by atoms with E-state index in [9.17, 15) is 4.79 Å². The molecule has 1 unspecified atom stereocenters. The molecular weight excluding hydrogens is 284 g/mol. The molecule has 3 heteroatoms. The van der Waals surface area contributed by atoms with Gasteiger partial charge in [-0.3, -0.25) is 4.79 Å². The van der Waals surface area contributed by atoms with Crippen LogP contribution in [-0.2, 0) is 6.42 Å². The van der Waals surface area contributed by atoms with Crippen molar-refractivity contribution in [3.05, 3.63) is 71.8 Å². The Kier molecular flexibility index (Phi) is 4.77. The topological polar surface area (TPSA) is 46.3 Å². The van der Waals surface area contributed by atoms with Gasteiger partial charge in [0.25, 0.3) is 5.91 Å². The average molecular weight is 308 g/mol. The van der Waals surface area contributed by atoms with Gasteiger partial charge in [-0.2, -0.15) is 0 Å². The van der Waals surface area contributed by atoms with Crippen molar-refractivity contribution in [2.24, 2.45) is 5.73 Å². The average Bonchev–Trinajstić information content (AvgIpc) is 2.62. The number of amides is 1. The number of hydrogen-bond acceptors (Lipinski definition) is 2. The van der Waals surface area contributed by atoms with E-state index in [2.05, 4.69) is 12.1 Å². The maximum absolute atomic E-state index is 12.9. The normalized spacial score (nSPS) is 21.2. The molecule has 0 spiro atoms. The number of likely N-dealkylation sites (tertiary alicyclic amines) is 1. The Morgan fingerprint density at radius 3 is 2.35 bits per heavy atom. The standard InChI is InChI=1S/C20H24N2O/c21-20(15-13-17-9-3-1-4-10-17)14-7-8-16-22(20)19(23)18-11-5-2-6-12-18/h1-6,9-12H,7-8,13-16,21H2. The maximum Gasteiger partial charge on any atom is 0.255 e. The molecule has 2 N–H and O–H groups in total. The molecule has 1 aliphatic rings. The van der Waals surface area contributed by atoms with E-state index in [1.807, 2.05) is 53.4 Å². The Hall–Kier alpha value is -2.13. The third-order valence-corrected chi connectivity index (χ3v) is 4.73. The van der Waals surface area contributed by atoms with Crippen molar-refractivity contribution in [3.63, 3.8) is 0 Å². The van der Waals surface area contributed by atoms with Crippen LogP contribution in [0.2, 0.25) is 0 Å². The van der Waals surface area contributed by atoms with Crippen LogP contribution in [-0.4, -0.2) is 23.0 Å².